The van der Waals surface area contributed by atoms with Gasteiger partial charge in [0.2, 0.25) is 15.9 Å². The molecule has 10 heteroatoms. The number of benzene rings is 2. The summed E-state index contributed by atoms with van der Waals surface area (Å²) in [4.78, 5) is 26.5. The Labute approximate surface area is 199 Å². The maximum absolute atomic E-state index is 13.2. The van der Waals surface area contributed by atoms with Gasteiger partial charge in [-0.05, 0) is 48.7 Å². The van der Waals surface area contributed by atoms with Crippen LogP contribution in [0.4, 0.5) is 5.69 Å². The van der Waals surface area contributed by atoms with Gasteiger partial charge in [0, 0.05) is 32.6 Å². The first kappa shape index (κ1) is 24.0. The van der Waals surface area contributed by atoms with E-state index in [-0.39, 0.29) is 29.8 Å². The molecule has 182 valence electrons. The van der Waals surface area contributed by atoms with Crippen LogP contribution in [0.25, 0.3) is 0 Å². The highest BCUT2D eigenvalue weighted by molar-refractivity contribution is 7.89. The van der Waals surface area contributed by atoms with E-state index in [1.54, 1.807) is 18.1 Å². The predicted octanol–water partition coefficient (Wildman–Crippen LogP) is 2.27. The molecule has 1 atom stereocenters. The lowest BCUT2D eigenvalue weighted by Crippen LogP contribution is -2.50. The molecule has 1 saturated heterocycles. The minimum Gasteiger partial charge on any atom is -0.497 e. The minimum absolute atomic E-state index is 0.00647. The zero-order valence-corrected chi connectivity index (χ0v) is 20.1. The zero-order chi connectivity index (χ0) is 24.3. The summed E-state index contributed by atoms with van der Waals surface area (Å²) in [5.74, 6) is 0.947. The summed E-state index contributed by atoms with van der Waals surface area (Å²) < 4.78 is 38.5. The zero-order valence-electron chi connectivity index (χ0n) is 19.3. The predicted molar refractivity (Wildman–Crippen MR) is 126 cm³/mol. The molecule has 0 aromatic heterocycles. The summed E-state index contributed by atoms with van der Waals surface area (Å²) >= 11 is 0. The number of aryl methyl sites for hydroxylation is 1. The van der Waals surface area contributed by atoms with E-state index in [4.69, 9.17) is 9.47 Å². The Kier molecular flexibility index (Phi) is 7.08. The molecule has 9 nitrogen and oxygen atoms in total. The maximum Gasteiger partial charge on any atom is 0.265 e. The van der Waals surface area contributed by atoms with Crippen LogP contribution in [-0.2, 0) is 26.0 Å². The van der Waals surface area contributed by atoms with Crippen LogP contribution in [0.2, 0.25) is 0 Å². The first-order valence-corrected chi connectivity index (χ1v) is 12.8. The van der Waals surface area contributed by atoms with Crippen LogP contribution in [-0.4, -0.2) is 68.8 Å². The van der Waals surface area contributed by atoms with Gasteiger partial charge in [0.05, 0.1) is 17.7 Å². The van der Waals surface area contributed by atoms with Crippen LogP contribution < -0.4 is 14.8 Å². The Bertz CT molecular complexity index is 1160. The normalized spacial score (nSPS) is 18.6. The summed E-state index contributed by atoms with van der Waals surface area (Å²) in [7, 11) is -2.16. The highest BCUT2D eigenvalue weighted by atomic mass is 32.2. The molecule has 1 fully saturated rings. The molecule has 0 radical (unpaired) electrons. The number of carbonyl (C=O) groups excluding carboxylic acids is 2. The van der Waals surface area contributed by atoms with Gasteiger partial charge in [0.1, 0.15) is 11.5 Å². The van der Waals surface area contributed by atoms with Gasteiger partial charge in [-0.15, -0.1) is 0 Å². The molecule has 0 spiro atoms. The number of carbonyl (C=O) groups is 2. The molecule has 0 aliphatic carbocycles. The summed E-state index contributed by atoms with van der Waals surface area (Å²) in [6.07, 6.45) is 0.921. The Morgan fingerprint density at radius 2 is 1.82 bits per heavy atom. The number of piperazine rings is 1. The van der Waals surface area contributed by atoms with Crippen molar-refractivity contribution < 1.29 is 27.5 Å². The SMILES string of the molecule is CC[C@@H]1Oc2ccc(S(=O)(=O)N3CCN(C(=O)CCc4ccc(OC)cc4)CC3)cc2NC1=O. The lowest BCUT2D eigenvalue weighted by atomic mass is 10.1. The number of nitrogens with one attached hydrogen (secondary N) is 1. The van der Waals surface area contributed by atoms with E-state index in [9.17, 15) is 18.0 Å². The lowest BCUT2D eigenvalue weighted by molar-refractivity contribution is -0.132. The van der Waals surface area contributed by atoms with E-state index < -0.39 is 16.1 Å². The molecule has 2 aliphatic rings. The van der Waals surface area contributed by atoms with Crippen molar-refractivity contribution in [2.24, 2.45) is 0 Å². The standard InChI is InChI=1S/C24H29N3O6S/c1-3-21-24(29)25-20-16-19(9-10-22(20)33-21)34(30,31)27-14-12-26(13-15-27)23(28)11-6-17-4-7-18(32-2)8-5-17/h4-5,7-10,16,21H,3,6,11-15H2,1-2H3,(H,25,29)/t21-/m0/s1. The van der Waals surface area contributed by atoms with E-state index in [2.05, 4.69) is 5.32 Å². The molecule has 34 heavy (non-hydrogen) atoms. The van der Waals surface area contributed by atoms with Crippen molar-refractivity contribution in [2.45, 2.75) is 37.2 Å². The topological polar surface area (TPSA) is 105 Å². The van der Waals surface area contributed by atoms with E-state index in [0.717, 1.165) is 11.3 Å². The van der Waals surface area contributed by atoms with Gasteiger partial charge in [-0.1, -0.05) is 19.1 Å². The Hall–Kier alpha value is -3.11. The van der Waals surface area contributed by atoms with Crippen molar-refractivity contribution in [3.63, 3.8) is 0 Å². The number of nitrogens with zero attached hydrogens (tertiary/aromatic N) is 2. The van der Waals surface area contributed by atoms with Crippen LogP contribution in [0.15, 0.2) is 47.4 Å². The number of hydrogen-bond acceptors (Lipinski definition) is 6. The monoisotopic (exact) mass is 487 g/mol. The third-order valence-electron chi connectivity index (χ3n) is 6.16. The van der Waals surface area contributed by atoms with Crippen LogP contribution in [0, 0.1) is 0 Å². The third kappa shape index (κ3) is 5.02. The van der Waals surface area contributed by atoms with E-state index >= 15 is 0 Å². The molecule has 0 saturated carbocycles. The maximum atomic E-state index is 13.2. The average Bonchev–Trinajstić information content (AvgIpc) is 2.86. The molecule has 2 amide bonds. The third-order valence-corrected chi connectivity index (χ3v) is 8.05. The number of fused-ring (bicyclic) bond motifs is 1. The average molecular weight is 488 g/mol. The van der Waals surface area contributed by atoms with E-state index in [0.29, 0.717) is 43.8 Å². The van der Waals surface area contributed by atoms with Gasteiger partial charge in [0.25, 0.3) is 5.91 Å². The second-order valence-electron chi connectivity index (χ2n) is 8.29. The smallest absolute Gasteiger partial charge is 0.265 e. The second-order valence-corrected chi connectivity index (χ2v) is 10.2. The fourth-order valence-electron chi connectivity index (χ4n) is 4.09. The van der Waals surface area contributed by atoms with Crippen LogP contribution in [0.5, 0.6) is 11.5 Å². The number of anilines is 1. The number of ether oxygens (including phenoxy) is 2. The fourth-order valence-corrected chi connectivity index (χ4v) is 5.54. The summed E-state index contributed by atoms with van der Waals surface area (Å²) in [6, 6.07) is 12.1. The fraction of sp³-hybridized carbons (Fsp3) is 0.417. The molecule has 2 aromatic rings. The van der Waals surface area contributed by atoms with Gasteiger partial charge in [-0.2, -0.15) is 4.31 Å². The molecule has 2 aromatic carbocycles. The Balaban J connectivity index is 1.34. The summed E-state index contributed by atoms with van der Waals surface area (Å²) in [6.45, 7) is 2.95. The largest absolute Gasteiger partial charge is 0.497 e. The minimum atomic E-state index is -3.77. The number of sulfonamides is 1. The quantitative estimate of drug-likeness (QED) is 0.642. The van der Waals surface area contributed by atoms with Gasteiger partial charge >= 0.3 is 0 Å². The van der Waals surface area contributed by atoms with Gasteiger partial charge < -0.3 is 19.7 Å². The van der Waals surface area contributed by atoms with Crippen LogP contribution >= 0.6 is 0 Å². The number of hydrogen-bond donors (Lipinski definition) is 1. The number of amides is 2. The first-order chi connectivity index (χ1) is 16.3. The lowest BCUT2D eigenvalue weighted by Gasteiger charge is -2.34. The molecular weight excluding hydrogens is 458 g/mol. The summed E-state index contributed by atoms with van der Waals surface area (Å²) in [5, 5.41) is 2.73. The van der Waals surface area contributed by atoms with Crippen molar-refractivity contribution in [2.75, 3.05) is 38.6 Å². The molecular formula is C24H29N3O6S. The van der Waals surface area contributed by atoms with Crippen molar-refractivity contribution in [3.8, 4) is 11.5 Å². The Morgan fingerprint density at radius 3 is 2.47 bits per heavy atom. The van der Waals surface area contributed by atoms with E-state index in [1.165, 1.54) is 16.4 Å². The second kappa shape index (κ2) is 10.0. The highest BCUT2D eigenvalue weighted by Crippen LogP contribution is 2.33. The van der Waals surface area contributed by atoms with Crippen molar-refractivity contribution in [1.29, 1.82) is 0 Å². The van der Waals surface area contributed by atoms with Gasteiger partial charge in [0.15, 0.2) is 6.10 Å². The molecule has 2 aliphatic heterocycles. The van der Waals surface area contributed by atoms with Crippen molar-refractivity contribution in [3.05, 3.63) is 48.0 Å². The van der Waals surface area contributed by atoms with Crippen LogP contribution in [0.1, 0.15) is 25.3 Å². The number of rotatable bonds is 7. The Morgan fingerprint density at radius 1 is 1.12 bits per heavy atom. The van der Waals surface area contributed by atoms with Crippen molar-refractivity contribution in [1.82, 2.24) is 9.21 Å². The molecule has 1 N–H and O–H groups in total. The summed E-state index contributed by atoms with van der Waals surface area (Å²) in [5.41, 5.74) is 1.40. The molecule has 2 heterocycles. The molecule has 0 unspecified atom stereocenters. The first-order valence-electron chi connectivity index (χ1n) is 11.3. The van der Waals surface area contributed by atoms with Crippen LogP contribution in [0.3, 0.4) is 0 Å². The van der Waals surface area contributed by atoms with Crippen molar-refractivity contribution >= 4 is 27.5 Å². The van der Waals surface area contributed by atoms with E-state index in [1.807, 2.05) is 31.2 Å². The highest BCUT2D eigenvalue weighted by Gasteiger charge is 2.32. The molecule has 4 rings (SSSR count). The van der Waals surface area contributed by atoms with Gasteiger partial charge in [-0.3, -0.25) is 9.59 Å². The van der Waals surface area contributed by atoms with Gasteiger partial charge in [-0.25, -0.2) is 8.42 Å². The molecule has 0 bridgehead atoms. The number of methoxy groups -OCH3 is 1.